The molecule has 5 heteroatoms. The van der Waals surface area contributed by atoms with Crippen LogP contribution in [-0.2, 0) is 16.1 Å². The Morgan fingerprint density at radius 2 is 1.61 bits per heavy atom. The van der Waals surface area contributed by atoms with E-state index in [-0.39, 0.29) is 24.1 Å². The van der Waals surface area contributed by atoms with E-state index in [2.05, 4.69) is 10.3 Å². The van der Waals surface area contributed by atoms with Gasteiger partial charge in [0.25, 0.3) is 11.8 Å². The van der Waals surface area contributed by atoms with E-state index in [9.17, 15) is 9.59 Å². The van der Waals surface area contributed by atoms with Gasteiger partial charge < -0.3 is 5.32 Å². The lowest BCUT2D eigenvalue weighted by Crippen LogP contribution is -2.32. The molecule has 162 valence electrons. The van der Waals surface area contributed by atoms with Gasteiger partial charge in [0.2, 0.25) is 0 Å². The zero-order valence-electron chi connectivity index (χ0n) is 18.5. The SMILES string of the molecule is Cc1ccc(C2=C(Nc3cccc4ccccc34)C(=O)N(Cc3ccccn3)C2=O)cc1C. The van der Waals surface area contributed by atoms with Crippen molar-refractivity contribution in [1.82, 2.24) is 9.88 Å². The molecule has 1 aromatic heterocycles. The van der Waals surface area contributed by atoms with Crippen LogP contribution in [0.4, 0.5) is 5.69 Å². The molecule has 0 bridgehead atoms. The fourth-order valence-electron chi connectivity index (χ4n) is 4.12. The Hall–Kier alpha value is -4.25. The topological polar surface area (TPSA) is 62.3 Å². The van der Waals surface area contributed by atoms with Crippen molar-refractivity contribution in [2.75, 3.05) is 5.32 Å². The molecule has 5 rings (SSSR count). The minimum atomic E-state index is -0.355. The van der Waals surface area contributed by atoms with Crippen molar-refractivity contribution >= 4 is 33.8 Å². The first-order chi connectivity index (χ1) is 16.0. The molecule has 1 aliphatic rings. The van der Waals surface area contributed by atoms with E-state index >= 15 is 0 Å². The normalized spacial score (nSPS) is 13.8. The van der Waals surface area contributed by atoms with Crippen LogP contribution in [0.1, 0.15) is 22.4 Å². The Bertz CT molecular complexity index is 1420. The second kappa shape index (κ2) is 8.36. The third kappa shape index (κ3) is 3.78. The Balaban J connectivity index is 1.62. The molecule has 4 aromatic rings. The number of nitrogens with zero attached hydrogens (tertiary/aromatic N) is 2. The molecular weight excluding hydrogens is 410 g/mol. The molecule has 33 heavy (non-hydrogen) atoms. The fourth-order valence-corrected chi connectivity index (χ4v) is 4.12. The lowest BCUT2D eigenvalue weighted by Gasteiger charge is -2.15. The number of pyridine rings is 1. The largest absolute Gasteiger partial charge is 0.350 e. The lowest BCUT2D eigenvalue weighted by atomic mass is 9.99. The summed E-state index contributed by atoms with van der Waals surface area (Å²) in [5.41, 5.74) is 5.03. The maximum absolute atomic E-state index is 13.6. The molecule has 0 fully saturated rings. The Morgan fingerprint density at radius 3 is 2.39 bits per heavy atom. The molecule has 0 saturated carbocycles. The van der Waals surface area contributed by atoms with Gasteiger partial charge in [0.05, 0.1) is 17.8 Å². The first-order valence-electron chi connectivity index (χ1n) is 10.9. The van der Waals surface area contributed by atoms with Gasteiger partial charge in [-0.05, 0) is 54.1 Å². The van der Waals surface area contributed by atoms with Crippen molar-refractivity contribution < 1.29 is 9.59 Å². The zero-order valence-corrected chi connectivity index (χ0v) is 18.5. The second-order valence-electron chi connectivity index (χ2n) is 8.22. The van der Waals surface area contributed by atoms with E-state index in [1.165, 1.54) is 4.90 Å². The minimum Gasteiger partial charge on any atom is -0.350 e. The highest BCUT2D eigenvalue weighted by atomic mass is 16.2. The van der Waals surface area contributed by atoms with Crippen LogP contribution in [0.3, 0.4) is 0 Å². The third-order valence-electron chi connectivity index (χ3n) is 6.06. The summed E-state index contributed by atoms with van der Waals surface area (Å²) in [4.78, 5) is 32.7. The van der Waals surface area contributed by atoms with Gasteiger partial charge >= 0.3 is 0 Å². The molecule has 0 saturated heterocycles. The molecule has 3 aromatic carbocycles. The van der Waals surface area contributed by atoms with Crippen LogP contribution >= 0.6 is 0 Å². The van der Waals surface area contributed by atoms with Crippen LogP contribution in [0.15, 0.2) is 90.8 Å². The Labute approximate surface area is 192 Å². The van der Waals surface area contributed by atoms with Gasteiger partial charge in [-0.25, -0.2) is 0 Å². The predicted octanol–water partition coefficient (Wildman–Crippen LogP) is 5.24. The van der Waals surface area contributed by atoms with E-state index in [1.54, 1.807) is 6.20 Å². The number of aromatic nitrogens is 1. The number of fused-ring (bicyclic) bond motifs is 1. The number of imide groups is 1. The summed E-state index contributed by atoms with van der Waals surface area (Å²) in [6.45, 7) is 4.15. The number of anilines is 1. The van der Waals surface area contributed by atoms with Gasteiger partial charge in [0.1, 0.15) is 5.70 Å². The highest BCUT2D eigenvalue weighted by Gasteiger charge is 2.39. The molecule has 1 N–H and O–H groups in total. The second-order valence-corrected chi connectivity index (χ2v) is 8.22. The molecule has 0 aliphatic carbocycles. The first kappa shape index (κ1) is 20.6. The van der Waals surface area contributed by atoms with Crippen LogP contribution in [0.25, 0.3) is 16.3 Å². The smallest absolute Gasteiger partial charge is 0.278 e. The van der Waals surface area contributed by atoms with Crippen molar-refractivity contribution in [2.45, 2.75) is 20.4 Å². The first-order valence-corrected chi connectivity index (χ1v) is 10.9. The molecular formula is C28H23N3O2. The minimum absolute atomic E-state index is 0.119. The molecule has 0 atom stereocenters. The molecule has 2 amide bonds. The summed E-state index contributed by atoms with van der Waals surface area (Å²) in [5.74, 6) is -0.677. The summed E-state index contributed by atoms with van der Waals surface area (Å²) in [6.07, 6.45) is 1.66. The van der Waals surface area contributed by atoms with E-state index in [4.69, 9.17) is 0 Å². The highest BCUT2D eigenvalue weighted by molar-refractivity contribution is 6.36. The Kier molecular flexibility index (Phi) is 5.23. The van der Waals surface area contributed by atoms with Crippen molar-refractivity contribution in [3.63, 3.8) is 0 Å². The number of hydrogen-bond donors (Lipinski definition) is 1. The quantitative estimate of drug-likeness (QED) is 0.437. The predicted molar refractivity (Wildman–Crippen MR) is 130 cm³/mol. The summed E-state index contributed by atoms with van der Waals surface area (Å²) in [7, 11) is 0. The van der Waals surface area contributed by atoms with Gasteiger partial charge in [-0.15, -0.1) is 0 Å². The number of carbonyl (C=O) groups excluding carboxylic acids is 2. The Morgan fingerprint density at radius 1 is 0.818 bits per heavy atom. The summed E-state index contributed by atoms with van der Waals surface area (Å²) < 4.78 is 0. The third-order valence-corrected chi connectivity index (χ3v) is 6.06. The van der Waals surface area contributed by atoms with Crippen molar-refractivity contribution in [3.05, 3.63) is 113 Å². The van der Waals surface area contributed by atoms with Crippen LogP contribution in [0.5, 0.6) is 0 Å². The van der Waals surface area contributed by atoms with Crippen LogP contribution in [0.2, 0.25) is 0 Å². The van der Waals surface area contributed by atoms with Gasteiger partial charge in [-0.1, -0.05) is 60.7 Å². The molecule has 1 aliphatic heterocycles. The highest BCUT2D eigenvalue weighted by Crippen LogP contribution is 2.34. The number of benzene rings is 3. The van der Waals surface area contributed by atoms with E-state index in [0.29, 0.717) is 11.3 Å². The van der Waals surface area contributed by atoms with Crippen LogP contribution < -0.4 is 5.32 Å². The van der Waals surface area contributed by atoms with Gasteiger partial charge in [0.15, 0.2) is 0 Å². The van der Waals surface area contributed by atoms with E-state index in [0.717, 1.165) is 33.2 Å². The average molecular weight is 434 g/mol. The fraction of sp³-hybridized carbons (Fsp3) is 0.107. The molecule has 0 radical (unpaired) electrons. The van der Waals surface area contributed by atoms with Crippen LogP contribution in [-0.4, -0.2) is 21.7 Å². The molecule has 5 nitrogen and oxygen atoms in total. The maximum Gasteiger partial charge on any atom is 0.278 e. The van der Waals surface area contributed by atoms with Crippen LogP contribution in [0, 0.1) is 13.8 Å². The zero-order chi connectivity index (χ0) is 22.9. The monoisotopic (exact) mass is 433 g/mol. The lowest BCUT2D eigenvalue weighted by molar-refractivity contribution is -0.137. The van der Waals surface area contributed by atoms with Gasteiger partial charge in [-0.3, -0.25) is 19.5 Å². The number of rotatable bonds is 5. The van der Waals surface area contributed by atoms with E-state index < -0.39 is 0 Å². The number of amides is 2. The summed E-state index contributed by atoms with van der Waals surface area (Å²) in [6, 6.07) is 25.2. The number of aryl methyl sites for hydroxylation is 2. The molecule has 2 heterocycles. The van der Waals surface area contributed by atoms with Gasteiger partial charge in [-0.2, -0.15) is 0 Å². The standard InChI is InChI=1S/C28H23N3O2/c1-18-13-14-21(16-19(18)2)25-26(30-24-12-7-9-20-8-3-4-11-23(20)24)28(33)31(27(25)32)17-22-10-5-6-15-29-22/h3-16,30H,17H2,1-2H3. The van der Waals surface area contributed by atoms with Crippen molar-refractivity contribution in [1.29, 1.82) is 0 Å². The molecule has 0 unspecified atom stereocenters. The summed E-state index contributed by atoms with van der Waals surface area (Å²) in [5, 5.41) is 5.35. The number of carbonyl (C=O) groups is 2. The number of hydrogen-bond acceptors (Lipinski definition) is 4. The van der Waals surface area contributed by atoms with Crippen molar-refractivity contribution in [2.24, 2.45) is 0 Å². The average Bonchev–Trinajstić information content (AvgIpc) is 3.06. The maximum atomic E-state index is 13.6. The molecule has 0 spiro atoms. The summed E-state index contributed by atoms with van der Waals surface area (Å²) >= 11 is 0. The number of nitrogens with one attached hydrogen (secondary N) is 1. The van der Waals surface area contributed by atoms with Gasteiger partial charge in [0, 0.05) is 17.3 Å². The van der Waals surface area contributed by atoms with E-state index in [1.807, 2.05) is 92.7 Å². The van der Waals surface area contributed by atoms with Crippen molar-refractivity contribution in [3.8, 4) is 0 Å².